The summed E-state index contributed by atoms with van der Waals surface area (Å²) in [4.78, 5) is 2.06. The normalized spacial score (nSPS) is 16.8. The van der Waals surface area contributed by atoms with Crippen LogP contribution in [0.1, 0.15) is 10.9 Å². The zero-order valence-corrected chi connectivity index (χ0v) is 15.1. The Kier molecular flexibility index (Phi) is 4.29. The summed E-state index contributed by atoms with van der Waals surface area (Å²) < 4.78 is 1.82. The van der Waals surface area contributed by atoms with Gasteiger partial charge in [0.15, 0.2) is 11.5 Å². The molecular weight excluding hydrogens is 352 g/mol. The lowest BCUT2D eigenvalue weighted by Gasteiger charge is -2.16. The van der Waals surface area contributed by atoms with Crippen LogP contribution in [-0.4, -0.2) is 34.2 Å². The fraction of sp³-hybridized carbons (Fsp3) is 0.176. The molecule has 0 aliphatic carbocycles. The highest BCUT2D eigenvalue weighted by molar-refractivity contribution is 7.99. The van der Waals surface area contributed by atoms with Crippen LogP contribution in [0.25, 0.3) is 11.4 Å². The lowest BCUT2D eigenvalue weighted by molar-refractivity contribution is -0.991. The maximum Gasteiger partial charge on any atom is 0.212 e. The molecule has 1 aliphatic rings. The van der Waals surface area contributed by atoms with Crippen molar-refractivity contribution in [1.82, 2.24) is 14.9 Å². The van der Waals surface area contributed by atoms with Crippen molar-refractivity contribution >= 4 is 23.1 Å². The number of aromatic nitrogens is 3. The van der Waals surface area contributed by atoms with Crippen LogP contribution in [-0.2, 0) is 0 Å². The minimum atomic E-state index is -0.964. The minimum Gasteiger partial charge on any atom is -0.595 e. The van der Waals surface area contributed by atoms with Gasteiger partial charge in [0.1, 0.15) is 5.37 Å². The van der Waals surface area contributed by atoms with E-state index in [0.29, 0.717) is 11.4 Å². The second-order valence-corrected chi connectivity index (χ2v) is 7.21. The molecular formula is C17H18N6O2S. The number of anilines is 1. The van der Waals surface area contributed by atoms with Gasteiger partial charge in [-0.3, -0.25) is 0 Å². The van der Waals surface area contributed by atoms with Crippen LogP contribution >= 0.6 is 11.8 Å². The van der Waals surface area contributed by atoms with Crippen LogP contribution in [0.15, 0.2) is 53.7 Å². The lowest BCUT2D eigenvalue weighted by atomic mass is 10.2. The summed E-state index contributed by atoms with van der Waals surface area (Å²) in [6.45, 7) is 0. The summed E-state index contributed by atoms with van der Waals surface area (Å²) in [5, 5.41) is 28.6. The summed E-state index contributed by atoms with van der Waals surface area (Å²) in [5.74, 6) is 0.600. The van der Waals surface area contributed by atoms with E-state index in [9.17, 15) is 10.4 Å². The van der Waals surface area contributed by atoms with Gasteiger partial charge in [-0.25, -0.2) is 9.88 Å². The van der Waals surface area contributed by atoms with Gasteiger partial charge in [0, 0.05) is 37.5 Å². The second kappa shape index (κ2) is 6.61. The molecule has 4 rings (SSSR count). The van der Waals surface area contributed by atoms with Crippen molar-refractivity contribution in [2.45, 2.75) is 10.5 Å². The summed E-state index contributed by atoms with van der Waals surface area (Å²) in [7, 11) is 4.02. The standard InChI is InChI=1S/C17H18N6O2S/c1-21(2)13-8-6-11(7-9-13)16-20-22-15(18-19-17(22)26-16)12-4-3-5-14(10-12)23(24)25/h3-10,16,20,23-24H,1-2H3/t16-/m1/s1. The first kappa shape index (κ1) is 16.9. The van der Waals surface area contributed by atoms with Crippen molar-refractivity contribution in [3.63, 3.8) is 0 Å². The first-order valence-corrected chi connectivity index (χ1v) is 8.90. The molecule has 26 heavy (non-hydrogen) atoms. The number of nitrogens with one attached hydrogen (secondary N) is 2. The number of fused-ring (bicyclic) bond motifs is 1. The Morgan fingerprint density at radius 2 is 1.96 bits per heavy atom. The van der Waals surface area contributed by atoms with Gasteiger partial charge in [-0.1, -0.05) is 36.0 Å². The number of hydrogen-bond donors (Lipinski definition) is 3. The van der Waals surface area contributed by atoms with E-state index in [1.807, 2.05) is 24.8 Å². The topological polar surface area (TPSA) is 93.7 Å². The molecule has 0 saturated heterocycles. The molecule has 1 aliphatic heterocycles. The predicted octanol–water partition coefficient (Wildman–Crippen LogP) is 1.76. The van der Waals surface area contributed by atoms with Crippen LogP contribution in [0.2, 0.25) is 0 Å². The van der Waals surface area contributed by atoms with E-state index >= 15 is 0 Å². The van der Waals surface area contributed by atoms with Gasteiger partial charge < -0.3 is 15.5 Å². The van der Waals surface area contributed by atoms with E-state index in [4.69, 9.17) is 0 Å². The first-order chi connectivity index (χ1) is 12.5. The molecule has 8 nitrogen and oxygen atoms in total. The lowest BCUT2D eigenvalue weighted by Crippen LogP contribution is -2.99. The Labute approximate surface area is 154 Å². The van der Waals surface area contributed by atoms with E-state index in [-0.39, 0.29) is 11.1 Å². The Hall–Kier alpha value is -2.59. The third kappa shape index (κ3) is 3.01. The molecule has 2 heterocycles. The molecule has 0 saturated carbocycles. The summed E-state index contributed by atoms with van der Waals surface area (Å²) >= 11 is 1.58. The van der Waals surface area contributed by atoms with Crippen LogP contribution in [0.4, 0.5) is 11.4 Å². The molecule has 134 valence electrons. The van der Waals surface area contributed by atoms with Gasteiger partial charge in [-0.15, -0.1) is 10.2 Å². The zero-order valence-electron chi connectivity index (χ0n) is 14.2. The molecule has 2 atom stereocenters. The molecule has 0 bridgehead atoms. The SMILES string of the molecule is CN(C)c1ccc([C@@H]2Nn3c(nnc3-c3cccc([NH+]([O-])O)c3)S2)cc1. The first-order valence-electron chi connectivity index (χ1n) is 8.02. The van der Waals surface area contributed by atoms with Gasteiger partial charge in [0.25, 0.3) is 0 Å². The van der Waals surface area contributed by atoms with Gasteiger partial charge in [0.05, 0.1) is 0 Å². The Morgan fingerprint density at radius 1 is 1.19 bits per heavy atom. The molecule has 0 spiro atoms. The second-order valence-electron chi connectivity index (χ2n) is 6.14. The number of hydrogen-bond acceptors (Lipinski definition) is 7. The quantitative estimate of drug-likeness (QED) is 0.603. The van der Waals surface area contributed by atoms with Gasteiger partial charge >= 0.3 is 0 Å². The van der Waals surface area contributed by atoms with Crippen LogP contribution in [0.3, 0.4) is 0 Å². The maximum atomic E-state index is 11.2. The highest BCUT2D eigenvalue weighted by Crippen LogP contribution is 2.40. The van der Waals surface area contributed by atoms with E-state index in [1.165, 1.54) is 0 Å². The van der Waals surface area contributed by atoms with Crippen molar-refractivity contribution < 1.29 is 10.4 Å². The molecule has 0 fully saturated rings. The zero-order chi connectivity index (χ0) is 18.3. The number of quaternary nitrogens is 1. The fourth-order valence-corrected chi connectivity index (χ4v) is 3.77. The summed E-state index contributed by atoms with van der Waals surface area (Å²) in [5.41, 5.74) is 6.60. The number of nitrogens with zero attached hydrogens (tertiary/aromatic N) is 4. The molecule has 9 heteroatoms. The number of thioether (sulfide) groups is 1. The highest BCUT2D eigenvalue weighted by Gasteiger charge is 2.28. The van der Waals surface area contributed by atoms with E-state index in [0.717, 1.165) is 16.4 Å². The van der Waals surface area contributed by atoms with Crippen LogP contribution < -0.4 is 15.6 Å². The molecule has 1 aromatic heterocycles. The van der Waals surface area contributed by atoms with E-state index < -0.39 is 5.23 Å². The minimum absolute atomic E-state index is 0.0260. The average molecular weight is 370 g/mol. The molecule has 2 aromatic carbocycles. The fourth-order valence-electron chi connectivity index (χ4n) is 2.78. The van der Waals surface area contributed by atoms with Gasteiger partial charge in [-0.05, 0) is 17.7 Å². The number of rotatable bonds is 4. The Balaban J connectivity index is 1.60. The van der Waals surface area contributed by atoms with Gasteiger partial charge in [-0.2, -0.15) is 5.23 Å². The smallest absolute Gasteiger partial charge is 0.212 e. The Bertz CT molecular complexity index is 925. The highest BCUT2D eigenvalue weighted by atomic mass is 32.2. The molecule has 3 N–H and O–H groups in total. The Morgan fingerprint density at radius 3 is 2.65 bits per heavy atom. The number of benzene rings is 2. The molecule has 1 unspecified atom stereocenters. The van der Waals surface area contributed by atoms with E-state index in [1.54, 1.807) is 30.0 Å². The summed E-state index contributed by atoms with van der Waals surface area (Å²) in [6, 6.07) is 15.0. The largest absolute Gasteiger partial charge is 0.595 e. The van der Waals surface area contributed by atoms with Gasteiger partial charge in [0.2, 0.25) is 5.16 Å². The van der Waals surface area contributed by atoms with Crippen LogP contribution in [0.5, 0.6) is 0 Å². The third-order valence-corrected chi connectivity index (χ3v) is 5.27. The summed E-state index contributed by atoms with van der Waals surface area (Å²) in [6.07, 6.45) is 0. The van der Waals surface area contributed by atoms with Crippen molar-refractivity contribution in [2.24, 2.45) is 0 Å². The van der Waals surface area contributed by atoms with Crippen molar-refractivity contribution in [1.29, 1.82) is 0 Å². The average Bonchev–Trinajstić information content (AvgIpc) is 3.22. The monoisotopic (exact) mass is 370 g/mol. The van der Waals surface area contributed by atoms with E-state index in [2.05, 4.69) is 44.8 Å². The molecule has 3 aromatic rings. The maximum absolute atomic E-state index is 11.2. The van der Waals surface area contributed by atoms with Crippen molar-refractivity contribution in [3.8, 4) is 11.4 Å². The molecule has 0 radical (unpaired) electrons. The van der Waals surface area contributed by atoms with Crippen molar-refractivity contribution in [2.75, 3.05) is 24.4 Å². The van der Waals surface area contributed by atoms with Crippen LogP contribution in [0, 0.1) is 5.21 Å². The third-order valence-electron chi connectivity index (χ3n) is 4.18. The molecule has 0 amide bonds. The predicted molar refractivity (Wildman–Crippen MR) is 100.0 cm³/mol. The van der Waals surface area contributed by atoms with Crippen molar-refractivity contribution in [3.05, 3.63) is 59.3 Å².